The largest absolute Gasteiger partial charge is 0.396 e. The zero-order valence-electron chi connectivity index (χ0n) is 12.0. The van der Waals surface area contributed by atoms with Crippen molar-refractivity contribution in [1.82, 2.24) is 15.1 Å². The Morgan fingerprint density at radius 1 is 1.45 bits per heavy atom. The van der Waals surface area contributed by atoms with E-state index in [1.807, 2.05) is 0 Å². The Kier molecular flexibility index (Phi) is 4.54. The number of aryl methyl sites for hydroxylation is 1. The molecule has 0 unspecified atom stereocenters. The highest BCUT2D eigenvalue weighted by molar-refractivity contribution is 5.95. The van der Waals surface area contributed by atoms with Crippen LogP contribution >= 0.6 is 0 Å². The van der Waals surface area contributed by atoms with E-state index in [-0.39, 0.29) is 24.1 Å². The number of aliphatic hydroxyl groups is 1. The summed E-state index contributed by atoms with van der Waals surface area (Å²) in [4.78, 5) is 26.3. The summed E-state index contributed by atoms with van der Waals surface area (Å²) in [5.74, 6) is -0.243. The maximum atomic E-state index is 12.7. The average molecular weight is 279 g/mol. The summed E-state index contributed by atoms with van der Waals surface area (Å²) in [7, 11) is 0. The van der Waals surface area contributed by atoms with Gasteiger partial charge in [-0.2, -0.15) is 5.10 Å². The van der Waals surface area contributed by atoms with Crippen LogP contribution in [0.25, 0.3) is 0 Å². The van der Waals surface area contributed by atoms with Gasteiger partial charge in [-0.15, -0.1) is 0 Å². The number of hydrogen-bond donors (Lipinski definition) is 2. The molecule has 1 fully saturated rings. The van der Waals surface area contributed by atoms with E-state index in [4.69, 9.17) is 5.11 Å². The maximum Gasteiger partial charge on any atom is 0.277 e. The van der Waals surface area contributed by atoms with E-state index in [9.17, 15) is 9.59 Å². The van der Waals surface area contributed by atoms with Gasteiger partial charge in [-0.25, -0.2) is 5.10 Å². The minimum Gasteiger partial charge on any atom is -0.396 e. The third-order valence-corrected chi connectivity index (χ3v) is 4.02. The second kappa shape index (κ2) is 6.17. The number of nitrogens with zero attached hydrogens (tertiary/aromatic N) is 2. The molecule has 1 heterocycles. The summed E-state index contributed by atoms with van der Waals surface area (Å²) in [6.45, 7) is 4.04. The van der Waals surface area contributed by atoms with Crippen molar-refractivity contribution in [3.63, 3.8) is 0 Å². The Hall–Kier alpha value is -1.69. The van der Waals surface area contributed by atoms with Gasteiger partial charge in [-0.3, -0.25) is 9.59 Å². The van der Waals surface area contributed by atoms with Crippen molar-refractivity contribution in [3.05, 3.63) is 27.2 Å². The first-order chi connectivity index (χ1) is 9.56. The molecule has 20 heavy (non-hydrogen) atoms. The van der Waals surface area contributed by atoms with E-state index in [1.54, 1.807) is 18.7 Å². The monoisotopic (exact) mass is 279 g/mol. The van der Waals surface area contributed by atoms with Crippen LogP contribution < -0.4 is 5.56 Å². The van der Waals surface area contributed by atoms with Crippen molar-refractivity contribution in [1.29, 1.82) is 0 Å². The van der Waals surface area contributed by atoms with Crippen LogP contribution in [0, 0.1) is 13.8 Å². The van der Waals surface area contributed by atoms with Gasteiger partial charge in [-0.1, -0.05) is 0 Å². The van der Waals surface area contributed by atoms with E-state index in [0.29, 0.717) is 24.2 Å². The molecule has 1 aromatic heterocycles. The van der Waals surface area contributed by atoms with Crippen molar-refractivity contribution >= 4 is 5.91 Å². The molecule has 0 atom stereocenters. The number of carbonyl (C=O) groups is 1. The van der Waals surface area contributed by atoms with Crippen LogP contribution in [0.3, 0.4) is 0 Å². The molecule has 1 amide bonds. The molecule has 0 bridgehead atoms. The number of aromatic amines is 1. The Balaban J connectivity index is 2.31. The first-order valence-corrected chi connectivity index (χ1v) is 7.04. The topological polar surface area (TPSA) is 86.3 Å². The Morgan fingerprint density at radius 3 is 2.70 bits per heavy atom. The number of aliphatic hydroxyl groups excluding tert-OH is 1. The SMILES string of the molecule is Cc1n[nH]c(=O)c(C(=O)N(CCCO)C2CCC2)c1C. The third kappa shape index (κ3) is 2.75. The second-order valence-corrected chi connectivity index (χ2v) is 5.30. The summed E-state index contributed by atoms with van der Waals surface area (Å²) >= 11 is 0. The number of rotatable bonds is 5. The zero-order chi connectivity index (χ0) is 14.7. The Labute approximate surface area is 117 Å². The number of aromatic nitrogens is 2. The molecule has 0 aliphatic heterocycles. The van der Waals surface area contributed by atoms with Crippen LogP contribution in [0.2, 0.25) is 0 Å². The lowest BCUT2D eigenvalue weighted by Crippen LogP contribution is -2.46. The summed E-state index contributed by atoms with van der Waals surface area (Å²) in [5.41, 5.74) is 1.03. The fourth-order valence-electron chi connectivity index (χ4n) is 2.42. The smallest absolute Gasteiger partial charge is 0.277 e. The highest BCUT2D eigenvalue weighted by Crippen LogP contribution is 2.26. The van der Waals surface area contributed by atoms with E-state index in [2.05, 4.69) is 10.2 Å². The molecule has 0 aromatic carbocycles. The van der Waals surface area contributed by atoms with Crippen molar-refractivity contribution in [3.8, 4) is 0 Å². The van der Waals surface area contributed by atoms with Crippen molar-refractivity contribution in [2.24, 2.45) is 0 Å². The highest BCUT2D eigenvalue weighted by atomic mass is 16.3. The molecule has 110 valence electrons. The first kappa shape index (κ1) is 14.7. The fourth-order valence-corrected chi connectivity index (χ4v) is 2.42. The minimum absolute atomic E-state index is 0.0429. The predicted molar refractivity (Wildman–Crippen MR) is 74.7 cm³/mol. The quantitative estimate of drug-likeness (QED) is 0.833. The number of hydrogen-bond acceptors (Lipinski definition) is 4. The average Bonchev–Trinajstić information content (AvgIpc) is 2.36. The van der Waals surface area contributed by atoms with Crippen LogP contribution in [0.1, 0.15) is 47.3 Å². The van der Waals surface area contributed by atoms with Crippen LogP contribution in [0.4, 0.5) is 0 Å². The Morgan fingerprint density at radius 2 is 2.15 bits per heavy atom. The van der Waals surface area contributed by atoms with Gasteiger partial charge < -0.3 is 10.0 Å². The molecule has 0 spiro atoms. The van der Waals surface area contributed by atoms with Gasteiger partial charge in [0.05, 0.1) is 5.69 Å². The van der Waals surface area contributed by atoms with E-state index < -0.39 is 5.56 Å². The van der Waals surface area contributed by atoms with Crippen molar-refractivity contribution in [2.45, 2.75) is 45.6 Å². The zero-order valence-corrected chi connectivity index (χ0v) is 12.0. The second-order valence-electron chi connectivity index (χ2n) is 5.30. The van der Waals surface area contributed by atoms with E-state index in [0.717, 1.165) is 19.3 Å². The normalized spacial score (nSPS) is 14.9. The van der Waals surface area contributed by atoms with Crippen LogP contribution in [-0.2, 0) is 0 Å². The molecule has 1 aromatic rings. The van der Waals surface area contributed by atoms with Gasteiger partial charge in [0.2, 0.25) is 0 Å². The fraction of sp³-hybridized carbons (Fsp3) is 0.643. The number of amides is 1. The number of nitrogens with one attached hydrogen (secondary N) is 1. The molecule has 1 aliphatic carbocycles. The molecular formula is C14H21N3O3. The van der Waals surface area contributed by atoms with Gasteiger partial charge in [0.25, 0.3) is 11.5 Å². The third-order valence-electron chi connectivity index (χ3n) is 4.02. The van der Waals surface area contributed by atoms with Crippen LogP contribution in [0.5, 0.6) is 0 Å². The molecule has 6 nitrogen and oxygen atoms in total. The van der Waals surface area contributed by atoms with Crippen LogP contribution in [0.15, 0.2) is 4.79 Å². The van der Waals surface area contributed by atoms with Gasteiger partial charge in [0.15, 0.2) is 0 Å². The molecule has 1 aliphatic rings. The van der Waals surface area contributed by atoms with Gasteiger partial charge in [0, 0.05) is 19.2 Å². The Bertz CT molecular complexity index is 549. The molecular weight excluding hydrogens is 258 g/mol. The predicted octanol–water partition coefficient (Wildman–Crippen LogP) is 0.764. The van der Waals surface area contributed by atoms with E-state index in [1.165, 1.54) is 0 Å². The van der Waals surface area contributed by atoms with Crippen molar-refractivity contribution in [2.75, 3.05) is 13.2 Å². The standard InChI is InChI=1S/C14H21N3O3/c1-9-10(2)15-16-13(19)12(9)14(20)17(7-4-8-18)11-5-3-6-11/h11,18H,3-8H2,1-2H3,(H,16,19). The van der Waals surface area contributed by atoms with Crippen molar-refractivity contribution < 1.29 is 9.90 Å². The van der Waals surface area contributed by atoms with Gasteiger partial charge in [0.1, 0.15) is 5.56 Å². The minimum atomic E-state index is -0.438. The molecule has 2 N–H and O–H groups in total. The summed E-state index contributed by atoms with van der Waals surface area (Å²) in [5, 5.41) is 15.2. The molecule has 2 rings (SSSR count). The molecule has 0 radical (unpaired) electrons. The lowest BCUT2D eigenvalue weighted by atomic mass is 9.90. The lowest BCUT2D eigenvalue weighted by Gasteiger charge is -2.37. The van der Waals surface area contributed by atoms with Gasteiger partial charge >= 0.3 is 0 Å². The number of carbonyl (C=O) groups excluding carboxylic acids is 1. The molecule has 0 saturated heterocycles. The molecule has 1 saturated carbocycles. The first-order valence-electron chi connectivity index (χ1n) is 7.04. The lowest BCUT2D eigenvalue weighted by molar-refractivity contribution is 0.0559. The summed E-state index contributed by atoms with van der Waals surface area (Å²) in [6.07, 6.45) is 3.58. The highest BCUT2D eigenvalue weighted by Gasteiger charge is 2.31. The number of H-pyrrole nitrogens is 1. The summed E-state index contributed by atoms with van der Waals surface area (Å²) in [6, 6.07) is 0.196. The van der Waals surface area contributed by atoms with Gasteiger partial charge in [-0.05, 0) is 45.1 Å². The summed E-state index contributed by atoms with van der Waals surface area (Å²) < 4.78 is 0. The van der Waals surface area contributed by atoms with E-state index >= 15 is 0 Å². The maximum absolute atomic E-state index is 12.7. The molecule has 6 heteroatoms. The van der Waals surface area contributed by atoms with Crippen LogP contribution in [-0.4, -0.2) is 45.3 Å².